The second-order valence-electron chi connectivity index (χ2n) is 3.42. The first-order valence-electron chi connectivity index (χ1n) is 4.48. The van der Waals surface area contributed by atoms with E-state index in [2.05, 4.69) is 15.6 Å². The molecule has 1 aromatic rings. The van der Waals surface area contributed by atoms with Crippen molar-refractivity contribution >= 4 is 11.8 Å². The summed E-state index contributed by atoms with van der Waals surface area (Å²) in [7, 11) is 1.90. The zero-order chi connectivity index (χ0) is 9.10. The van der Waals surface area contributed by atoms with Crippen LogP contribution in [0.15, 0.2) is 6.20 Å². The number of hydrogen-bond donors (Lipinski definition) is 1. The average Bonchev–Trinajstić information content (AvgIpc) is 2.42. The molecule has 0 aliphatic carbocycles. The van der Waals surface area contributed by atoms with E-state index >= 15 is 0 Å². The molecule has 0 aromatic carbocycles. The largest absolute Gasteiger partial charge is 0.316 e. The minimum atomic E-state index is 0.877. The molecule has 2 heterocycles. The molecule has 1 N–H and O–H groups in total. The molecule has 5 heteroatoms. The first kappa shape index (κ1) is 9.02. The highest BCUT2D eigenvalue weighted by Crippen LogP contribution is 2.15. The van der Waals surface area contributed by atoms with Gasteiger partial charge in [0.2, 0.25) is 0 Å². The fourth-order valence-electron chi connectivity index (χ4n) is 1.26. The van der Waals surface area contributed by atoms with Crippen LogP contribution in [0.3, 0.4) is 0 Å². The topological polar surface area (TPSA) is 42.7 Å². The number of nitrogens with one attached hydrogen (secondary N) is 1. The van der Waals surface area contributed by atoms with Crippen LogP contribution in [-0.2, 0) is 12.8 Å². The van der Waals surface area contributed by atoms with Crippen molar-refractivity contribution in [2.45, 2.75) is 5.75 Å². The van der Waals surface area contributed by atoms with Crippen molar-refractivity contribution in [3.8, 4) is 0 Å². The van der Waals surface area contributed by atoms with E-state index in [4.69, 9.17) is 0 Å². The molecule has 1 aliphatic rings. The first-order chi connectivity index (χ1) is 6.34. The van der Waals surface area contributed by atoms with Crippen LogP contribution < -0.4 is 5.32 Å². The summed E-state index contributed by atoms with van der Waals surface area (Å²) >= 11 is 1.95. The van der Waals surface area contributed by atoms with Crippen LogP contribution in [0.4, 0.5) is 0 Å². The Morgan fingerprint density at radius 1 is 1.69 bits per heavy atom. The van der Waals surface area contributed by atoms with Crippen LogP contribution in [0.25, 0.3) is 0 Å². The maximum absolute atomic E-state index is 4.03. The fraction of sp³-hybridized carbons (Fsp3) is 0.750. The van der Waals surface area contributed by atoms with Gasteiger partial charge in [-0.2, -0.15) is 11.8 Å². The van der Waals surface area contributed by atoms with Crippen molar-refractivity contribution in [1.82, 2.24) is 20.3 Å². The third kappa shape index (κ3) is 2.45. The van der Waals surface area contributed by atoms with Gasteiger partial charge in [0.25, 0.3) is 0 Å². The Morgan fingerprint density at radius 3 is 3.08 bits per heavy atom. The lowest BCUT2D eigenvalue weighted by Crippen LogP contribution is -2.43. The molecule has 1 fully saturated rings. The van der Waals surface area contributed by atoms with Gasteiger partial charge in [0, 0.05) is 19.0 Å². The smallest absolute Gasteiger partial charge is 0.0925 e. The monoisotopic (exact) mass is 198 g/mol. The van der Waals surface area contributed by atoms with Crippen molar-refractivity contribution in [3.05, 3.63) is 11.9 Å². The first-order valence-corrected chi connectivity index (χ1v) is 5.64. The molecule has 72 valence electrons. The maximum atomic E-state index is 4.03. The van der Waals surface area contributed by atoms with Gasteiger partial charge in [-0.1, -0.05) is 5.21 Å². The second-order valence-corrected chi connectivity index (χ2v) is 4.45. The van der Waals surface area contributed by atoms with E-state index in [1.807, 2.05) is 25.0 Å². The van der Waals surface area contributed by atoms with Crippen LogP contribution in [0, 0.1) is 5.92 Å². The Labute approximate surface area is 82.1 Å². The molecule has 0 bridgehead atoms. The van der Waals surface area contributed by atoms with Crippen molar-refractivity contribution in [1.29, 1.82) is 0 Å². The van der Waals surface area contributed by atoms with E-state index in [1.54, 1.807) is 4.68 Å². The molecular formula is C8H14N4S. The highest BCUT2D eigenvalue weighted by molar-refractivity contribution is 7.98. The predicted molar refractivity (Wildman–Crippen MR) is 53.5 cm³/mol. The van der Waals surface area contributed by atoms with Gasteiger partial charge in [0.15, 0.2) is 0 Å². The third-order valence-electron chi connectivity index (χ3n) is 2.12. The van der Waals surface area contributed by atoms with Gasteiger partial charge >= 0.3 is 0 Å². The van der Waals surface area contributed by atoms with E-state index in [0.29, 0.717) is 0 Å². The van der Waals surface area contributed by atoms with Crippen molar-refractivity contribution in [2.75, 3.05) is 18.8 Å². The van der Waals surface area contributed by atoms with E-state index in [1.165, 1.54) is 18.8 Å². The summed E-state index contributed by atoms with van der Waals surface area (Å²) < 4.78 is 1.75. The molecule has 0 radical (unpaired) electrons. The van der Waals surface area contributed by atoms with Crippen LogP contribution in [0.2, 0.25) is 0 Å². The molecule has 0 unspecified atom stereocenters. The fourth-order valence-corrected chi connectivity index (χ4v) is 2.29. The summed E-state index contributed by atoms with van der Waals surface area (Å²) in [6.07, 6.45) is 1.98. The maximum Gasteiger partial charge on any atom is 0.0925 e. The SMILES string of the molecule is Cn1cc(CSCC2CNC2)nn1. The standard InChI is InChI=1S/C8H14N4S/c1-12-4-8(10-11-12)6-13-5-7-2-9-3-7/h4,7,9H,2-3,5-6H2,1H3. The number of hydrogen-bond acceptors (Lipinski definition) is 4. The third-order valence-corrected chi connectivity index (χ3v) is 3.33. The van der Waals surface area contributed by atoms with Gasteiger partial charge in [0.1, 0.15) is 0 Å². The van der Waals surface area contributed by atoms with Crippen molar-refractivity contribution in [3.63, 3.8) is 0 Å². The summed E-state index contributed by atoms with van der Waals surface area (Å²) in [5.41, 5.74) is 1.08. The van der Waals surface area contributed by atoms with Crippen LogP contribution in [-0.4, -0.2) is 33.8 Å². The molecule has 0 amide bonds. The molecule has 0 saturated carbocycles. The molecule has 4 nitrogen and oxygen atoms in total. The van der Waals surface area contributed by atoms with Crippen LogP contribution in [0.5, 0.6) is 0 Å². The minimum Gasteiger partial charge on any atom is -0.316 e. The number of aryl methyl sites for hydroxylation is 1. The predicted octanol–water partition coefficient (Wildman–Crippen LogP) is 0.268. The quantitative estimate of drug-likeness (QED) is 0.754. The highest BCUT2D eigenvalue weighted by atomic mass is 32.2. The van der Waals surface area contributed by atoms with Gasteiger partial charge in [-0.05, 0) is 24.8 Å². The number of nitrogens with zero attached hydrogens (tertiary/aromatic N) is 3. The number of thioether (sulfide) groups is 1. The van der Waals surface area contributed by atoms with Crippen molar-refractivity contribution in [2.24, 2.45) is 13.0 Å². The summed E-state index contributed by atoms with van der Waals surface area (Å²) in [5.74, 6) is 3.11. The van der Waals surface area contributed by atoms with Crippen molar-refractivity contribution < 1.29 is 0 Å². The Hall–Kier alpha value is -0.550. The number of rotatable bonds is 4. The lowest BCUT2D eigenvalue weighted by atomic mass is 10.1. The van der Waals surface area contributed by atoms with Gasteiger partial charge < -0.3 is 5.32 Å². The second kappa shape index (κ2) is 4.11. The molecule has 13 heavy (non-hydrogen) atoms. The van der Waals surface area contributed by atoms with Gasteiger partial charge in [-0.15, -0.1) is 5.10 Å². The zero-order valence-corrected chi connectivity index (χ0v) is 8.55. The number of aromatic nitrogens is 3. The zero-order valence-electron chi connectivity index (χ0n) is 7.73. The van der Waals surface area contributed by atoms with Gasteiger partial charge in [-0.25, -0.2) is 0 Å². The van der Waals surface area contributed by atoms with E-state index in [9.17, 15) is 0 Å². The lowest BCUT2D eigenvalue weighted by molar-refractivity contribution is 0.385. The molecule has 0 spiro atoms. The summed E-state index contributed by atoms with van der Waals surface area (Å²) in [6.45, 7) is 2.38. The molecule has 1 saturated heterocycles. The van der Waals surface area contributed by atoms with E-state index in [0.717, 1.165) is 17.4 Å². The minimum absolute atomic E-state index is 0.877. The van der Waals surface area contributed by atoms with Crippen LogP contribution >= 0.6 is 11.8 Å². The summed E-state index contributed by atoms with van der Waals surface area (Å²) in [6, 6.07) is 0. The molecule has 0 atom stereocenters. The molecular weight excluding hydrogens is 184 g/mol. The normalized spacial score (nSPS) is 17.3. The average molecular weight is 198 g/mol. The Kier molecular flexibility index (Phi) is 2.85. The van der Waals surface area contributed by atoms with Gasteiger partial charge in [-0.3, -0.25) is 4.68 Å². The molecule has 1 aromatic heterocycles. The Bertz CT molecular complexity index is 269. The molecule has 1 aliphatic heterocycles. The summed E-state index contributed by atoms with van der Waals surface area (Å²) in [5, 5.41) is 11.2. The Balaban J connectivity index is 1.67. The highest BCUT2D eigenvalue weighted by Gasteiger charge is 2.16. The summed E-state index contributed by atoms with van der Waals surface area (Å²) in [4.78, 5) is 0. The van der Waals surface area contributed by atoms with E-state index < -0.39 is 0 Å². The lowest BCUT2D eigenvalue weighted by Gasteiger charge is -2.26. The van der Waals surface area contributed by atoms with Crippen LogP contribution in [0.1, 0.15) is 5.69 Å². The van der Waals surface area contributed by atoms with E-state index in [-0.39, 0.29) is 0 Å². The van der Waals surface area contributed by atoms with Gasteiger partial charge in [0.05, 0.1) is 5.69 Å². The molecule has 2 rings (SSSR count). The Morgan fingerprint density at radius 2 is 2.54 bits per heavy atom.